The lowest BCUT2D eigenvalue weighted by Gasteiger charge is -2.38. The number of carbonyl (C=O) groups excluding carboxylic acids is 2. The first kappa shape index (κ1) is 26.5. The molecule has 1 aliphatic heterocycles. The van der Waals surface area contributed by atoms with Crippen LogP contribution in [0.15, 0.2) is 78.9 Å². The monoisotopic (exact) mass is 503 g/mol. The van der Waals surface area contributed by atoms with E-state index in [-0.39, 0.29) is 18.1 Å². The minimum atomic E-state index is -1.27. The van der Waals surface area contributed by atoms with Gasteiger partial charge in [0.05, 0.1) is 6.54 Å². The first-order valence-corrected chi connectivity index (χ1v) is 12.7. The molecule has 194 valence electrons. The molecule has 3 aromatic carbocycles. The van der Waals surface area contributed by atoms with Gasteiger partial charge >= 0.3 is 6.03 Å². The summed E-state index contributed by atoms with van der Waals surface area (Å²) in [5, 5.41) is 17.3. The number of amides is 2. The highest BCUT2D eigenvalue weighted by Gasteiger charge is 2.33. The van der Waals surface area contributed by atoms with Gasteiger partial charge in [-0.15, -0.1) is 0 Å². The molecule has 0 bridgehead atoms. The Bertz CT molecular complexity index is 1190. The van der Waals surface area contributed by atoms with Crippen molar-refractivity contribution in [3.8, 4) is 0 Å². The van der Waals surface area contributed by atoms with E-state index < -0.39 is 11.6 Å². The average Bonchev–Trinajstić information content (AvgIpc) is 2.91. The molecular weight excluding hydrogens is 469 g/mol. The number of nitrogens with one attached hydrogen (secondary N) is 2. The molecule has 1 aliphatic rings. The number of nitrogens with zero attached hydrogens (tertiary/aromatic N) is 1. The van der Waals surface area contributed by atoms with Crippen molar-refractivity contribution in [2.75, 3.05) is 31.5 Å². The van der Waals surface area contributed by atoms with Crippen LogP contribution >= 0.6 is 0 Å². The number of ketones is 1. The van der Waals surface area contributed by atoms with Gasteiger partial charge in [0.2, 0.25) is 0 Å². The zero-order valence-electron chi connectivity index (χ0n) is 21.1. The number of β-amino-alcohol motifs (C(OH)–C–C–N with tert-alkyl or cyclic N) is 1. The molecule has 37 heavy (non-hydrogen) atoms. The van der Waals surface area contributed by atoms with Gasteiger partial charge in [0.1, 0.15) is 11.4 Å². The van der Waals surface area contributed by atoms with Crippen molar-refractivity contribution in [2.45, 2.75) is 31.8 Å². The maximum Gasteiger partial charge on any atom is 0.319 e. The summed E-state index contributed by atoms with van der Waals surface area (Å²) in [6, 6.07) is 22.4. The van der Waals surface area contributed by atoms with Crippen LogP contribution in [0.25, 0.3) is 0 Å². The number of benzene rings is 3. The Kier molecular flexibility index (Phi) is 8.69. The summed E-state index contributed by atoms with van der Waals surface area (Å²) in [7, 11) is 0. The fraction of sp³-hybridized carbons (Fsp3) is 0.333. The normalized spacial score (nSPS) is 16.1. The Labute approximate surface area is 217 Å². The average molecular weight is 504 g/mol. The number of aliphatic hydroxyl groups is 1. The van der Waals surface area contributed by atoms with Crippen LogP contribution in [0.2, 0.25) is 0 Å². The van der Waals surface area contributed by atoms with Crippen LogP contribution in [0.1, 0.15) is 41.3 Å². The Morgan fingerprint density at radius 3 is 2.38 bits per heavy atom. The summed E-state index contributed by atoms with van der Waals surface area (Å²) in [6.07, 6.45) is 2.90. The highest BCUT2D eigenvalue weighted by Crippen LogP contribution is 2.27. The van der Waals surface area contributed by atoms with Crippen molar-refractivity contribution in [2.24, 2.45) is 5.92 Å². The molecule has 2 amide bonds. The number of likely N-dealkylation sites (tertiary alicyclic amines) is 1. The van der Waals surface area contributed by atoms with E-state index in [1.807, 2.05) is 42.5 Å². The Hall–Kier alpha value is -3.55. The zero-order valence-corrected chi connectivity index (χ0v) is 21.1. The number of halogens is 1. The van der Waals surface area contributed by atoms with E-state index in [2.05, 4.69) is 15.5 Å². The van der Waals surface area contributed by atoms with Crippen molar-refractivity contribution in [3.05, 3.63) is 101 Å². The van der Waals surface area contributed by atoms with Crippen LogP contribution in [-0.2, 0) is 12.0 Å². The topological polar surface area (TPSA) is 81.7 Å². The fourth-order valence-electron chi connectivity index (χ4n) is 4.89. The third kappa shape index (κ3) is 7.47. The van der Waals surface area contributed by atoms with Crippen LogP contribution in [0.4, 0.5) is 14.9 Å². The molecule has 0 saturated carbocycles. The number of piperidine rings is 1. The lowest BCUT2D eigenvalue weighted by molar-refractivity contribution is -0.00682. The second-order valence-electron chi connectivity index (χ2n) is 9.89. The summed E-state index contributed by atoms with van der Waals surface area (Å²) >= 11 is 0. The Morgan fingerprint density at radius 1 is 1.00 bits per heavy atom. The summed E-state index contributed by atoms with van der Waals surface area (Å²) < 4.78 is 13.2. The third-order valence-electron chi connectivity index (χ3n) is 7.01. The van der Waals surface area contributed by atoms with E-state index in [0.29, 0.717) is 23.7 Å². The predicted octanol–water partition coefficient (Wildman–Crippen LogP) is 4.99. The molecule has 3 N–H and O–H groups in total. The molecule has 0 spiro atoms. The maximum atomic E-state index is 13.2. The summed E-state index contributed by atoms with van der Waals surface area (Å²) in [5.41, 5.74) is 1.63. The van der Waals surface area contributed by atoms with Crippen molar-refractivity contribution >= 4 is 17.5 Å². The van der Waals surface area contributed by atoms with Crippen molar-refractivity contribution < 1.29 is 19.1 Å². The number of hydrogen-bond acceptors (Lipinski definition) is 4. The van der Waals surface area contributed by atoms with E-state index in [0.717, 1.165) is 43.5 Å². The van der Waals surface area contributed by atoms with E-state index in [1.54, 1.807) is 24.3 Å². The lowest BCUT2D eigenvalue weighted by Crippen LogP contribution is -2.51. The SMILES string of the molecule is CC(=O)c1cccc(NC(=O)NC[C@](O)(CN2CCC(Cc3ccc(F)cc3)CC2)c2ccccc2)c1. The van der Waals surface area contributed by atoms with Gasteiger partial charge in [-0.25, -0.2) is 9.18 Å². The standard InChI is InChI=1S/C30H34FN3O3/c1-22(35)25-6-5-9-28(19-25)33-29(36)32-20-30(37,26-7-3-2-4-8-26)21-34-16-14-24(15-17-34)18-23-10-12-27(31)13-11-23/h2-13,19,24,37H,14-18,20-21H2,1H3,(H2,32,33,36)/t30-/m0/s1. The van der Waals surface area contributed by atoms with E-state index in [4.69, 9.17) is 0 Å². The fourth-order valence-corrected chi connectivity index (χ4v) is 4.89. The van der Waals surface area contributed by atoms with E-state index >= 15 is 0 Å². The molecule has 0 aromatic heterocycles. The molecule has 7 heteroatoms. The molecule has 3 aromatic rings. The van der Waals surface area contributed by atoms with Gasteiger partial charge in [0.15, 0.2) is 5.78 Å². The van der Waals surface area contributed by atoms with Gasteiger partial charge in [-0.1, -0.05) is 54.6 Å². The molecule has 0 radical (unpaired) electrons. The van der Waals surface area contributed by atoms with Gasteiger partial charge in [0, 0.05) is 17.8 Å². The smallest absolute Gasteiger partial charge is 0.319 e. The predicted molar refractivity (Wildman–Crippen MR) is 143 cm³/mol. The number of carbonyl (C=O) groups is 2. The first-order chi connectivity index (χ1) is 17.8. The van der Waals surface area contributed by atoms with Crippen LogP contribution in [0.5, 0.6) is 0 Å². The summed E-state index contributed by atoms with van der Waals surface area (Å²) in [4.78, 5) is 26.5. The number of anilines is 1. The highest BCUT2D eigenvalue weighted by molar-refractivity contribution is 5.96. The van der Waals surface area contributed by atoms with E-state index in [1.165, 1.54) is 19.1 Å². The summed E-state index contributed by atoms with van der Waals surface area (Å²) in [5.74, 6) is 0.218. The van der Waals surface area contributed by atoms with Gasteiger partial charge in [0.25, 0.3) is 0 Å². The first-order valence-electron chi connectivity index (χ1n) is 12.7. The van der Waals surface area contributed by atoms with Crippen LogP contribution in [0, 0.1) is 11.7 Å². The summed E-state index contributed by atoms with van der Waals surface area (Å²) in [6.45, 7) is 3.58. The van der Waals surface area contributed by atoms with Crippen LogP contribution in [0.3, 0.4) is 0 Å². The van der Waals surface area contributed by atoms with Crippen LogP contribution in [-0.4, -0.2) is 48.0 Å². The van der Waals surface area contributed by atoms with Gasteiger partial charge in [-0.05, 0) is 80.6 Å². The second-order valence-corrected chi connectivity index (χ2v) is 9.89. The third-order valence-corrected chi connectivity index (χ3v) is 7.01. The number of Topliss-reactive ketones (excluding diaryl/α,β-unsaturated/α-hetero) is 1. The largest absolute Gasteiger partial charge is 0.382 e. The number of hydrogen-bond donors (Lipinski definition) is 3. The quantitative estimate of drug-likeness (QED) is 0.359. The van der Waals surface area contributed by atoms with Crippen molar-refractivity contribution in [1.82, 2.24) is 10.2 Å². The Balaban J connectivity index is 1.35. The minimum absolute atomic E-state index is 0.0325. The van der Waals surface area contributed by atoms with Gasteiger partial charge < -0.3 is 20.6 Å². The van der Waals surface area contributed by atoms with Gasteiger partial charge in [-0.2, -0.15) is 0 Å². The number of rotatable bonds is 9. The molecule has 4 rings (SSSR count). The molecule has 0 aliphatic carbocycles. The highest BCUT2D eigenvalue weighted by atomic mass is 19.1. The molecule has 1 saturated heterocycles. The Morgan fingerprint density at radius 2 is 1.70 bits per heavy atom. The molecule has 1 fully saturated rings. The van der Waals surface area contributed by atoms with Crippen LogP contribution < -0.4 is 10.6 Å². The number of urea groups is 1. The molecule has 0 unspecified atom stereocenters. The maximum absolute atomic E-state index is 13.2. The molecule has 1 heterocycles. The minimum Gasteiger partial charge on any atom is -0.382 e. The molecule has 6 nitrogen and oxygen atoms in total. The van der Waals surface area contributed by atoms with Gasteiger partial charge in [-0.3, -0.25) is 4.79 Å². The molecular formula is C30H34FN3O3. The van der Waals surface area contributed by atoms with Crippen molar-refractivity contribution in [1.29, 1.82) is 0 Å². The zero-order chi connectivity index (χ0) is 26.3. The van der Waals surface area contributed by atoms with Crippen molar-refractivity contribution in [3.63, 3.8) is 0 Å². The lowest BCUT2D eigenvalue weighted by atomic mass is 9.88. The van der Waals surface area contributed by atoms with E-state index in [9.17, 15) is 19.1 Å². The molecule has 1 atom stereocenters. The second kappa shape index (κ2) is 12.1.